The van der Waals surface area contributed by atoms with Gasteiger partial charge in [0.15, 0.2) is 5.82 Å². The summed E-state index contributed by atoms with van der Waals surface area (Å²) < 4.78 is 50.9. The average molecular weight is 717 g/mol. The number of alkyl halides is 1. The number of nitrogens with two attached hydrogens (primary N) is 1. The van der Waals surface area contributed by atoms with Gasteiger partial charge in [-0.25, -0.2) is 8.78 Å². The minimum Gasteiger partial charge on any atom is -0.461 e. The number of halogens is 2. The Balaban J connectivity index is 1.20. The van der Waals surface area contributed by atoms with Crippen molar-refractivity contribution < 1.29 is 23.0 Å². The number of anilines is 2. The summed E-state index contributed by atoms with van der Waals surface area (Å²) in [5.41, 5.74) is 8.41. The molecular formula is C37H42F2N8O3S. The first-order valence-electron chi connectivity index (χ1n) is 18.1. The molecule has 51 heavy (non-hydrogen) atoms. The van der Waals surface area contributed by atoms with E-state index in [-0.39, 0.29) is 48.5 Å². The van der Waals surface area contributed by atoms with Crippen molar-refractivity contribution in [2.75, 3.05) is 70.2 Å². The number of benzene rings is 1. The molecule has 4 aromatic rings. The Hall–Kier alpha value is -3.74. The molecule has 3 aromatic heterocycles. The predicted octanol–water partition coefficient (Wildman–Crippen LogP) is 5.42. The Morgan fingerprint density at radius 1 is 1.18 bits per heavy atom. The Labute approximate surface area is 299 Å². The first-order valence-corrected chi connectivity index (χ1v) is 18.9. The van der Waals surface area contributed by atoms with Crippen molar-refractivity contribution in [1.82, 2.24) is 24.8 Å². The van der Waals surface area contributed by atoms with Crippen LogP contribution in [0.1, 0.15) is 55.2 Å². The van der Waals surface area contributed by atoms with Gasteiger partial charge in [0.2, 0.25) is 0 Å². The minimum absolute atomic E-state index is 0.0876. The lowest BCUT2D eigenvalue weighted by molar-refractivity contribution is 0.107. The molecule has 9 rings (SSSR count). The van der Waals surface area contributed by atoms with E-state index in [9.17, 15) is 9.65 Å². The molecule has 4 fully saturated rings. The van der Waals surface area contributed by atoms with Crippen LogP contribution in [0, 0.1) is 23.1 Å². The van der Waals surface area contributed by atoms with E-state index >= 15 is 4.39 Å². The molecule has 11 nitrogen and oxygen atoms in total. The number of nitrogen functional groups attached to an aromatic ring is 1. The van der Waals surface area contributed by atoms with Gasteiger partial charge >= 0.3 is 6.01 Å². The van der Waals surface area contributed by atoms with Gasteiger partial charge in [-0.15, -0.1) is 11.3 Å². The van der Waals surface area contributed by atoms with Crippen molar-refractivity contribution >= 4 is 43.1 Å². The summed E-state index contributed by atoms with van der Waals surface area (Å²) in [5.74, 6) is 0.585. The van der Waals surface area contributed by atoms with Crippen LogP contribution in [0.4, 0.5) is 19.6 Å². The summed E-state index contributed by atoms with van der Waals surface area (Å²) in [5, 5.41) is 11.6. The first-order chi connectivity index (χ1) is 24.9. The molecule has 8 heterocycles. The number of nitrogens with zero attached hydrogens (tertiary/aromatic N) is 7. The number of aromatic nitrogens is 3. The van der Waals surface area contributed by atoms with Crippen LogP contribution in [0.2, 0.25) is 0 Å². The molecule has 268 valence electrons. The molecule has 0 aliphatic carbocycles. The zero-order chi connectivity index (χ0) is 34.9. The van der Waals surface area contributed by atoms with Gasteiger partial charge in [0.25, 0.3) is 0 Å². The number of rotatable bonds is 9. The number of thiophene rings is 1. The molecule has 4 atom stereocenters. The second-order valence-electron chi connectivity index (χ2n) is 14.9. The van der Waals surface area contributed by atoms with Crippen molar-refractivity contribution in [2.24, 2.45) is 5.92 Å². The van der Waals surface area contributed by atoms with Gasteiger partial charge in [-0.3, -0.25) is 9.88 Å². The summed E-state index contributed by atoms with van der Waals surface area (Å²) in [7, 11) is 1.74. The van der Waals surface area contributed by atoms with E-state index in [0.29, 0.717) is 51.7 Å². The number of hydrogen-bond acceptors (Lipinski definition) is 12. The van der Waals surface area contributed by atoms with Crippen LogP contribution in [0.15, 0.2) is 12.3 Å². The SMILES string of the molecule is COCCCN1CCC2CC(C1)N(c1nc(OC[C@@]34CCCN3C[C@H](F)C4)nc3c(F)c(-c4nccc5sc(N)c(C#N)c45)c4c(c13)COC4)C2. The van der Waals surface area contributed by atoms with Crippen molar-refractivity contribution in [2.45, 2.75) is 69.5 Å². The maximum absolute atomic E-state index is 17.6. The highest BCUT2D eigenvalue weighted by molar-refractivity contribution is 7.23. The maximum Gasteiger partial charge on any atom is 0.319 e. The average Bonchev–Trinajstić information content (AvgIpc) is 3.92. The Morgan fingerprint density at radius 3 is 2.92 bits per heavy atom. The fraction of sp³-hybridized carbons (Fsp3) is 0.568. The fourth-order valence-corrected chi connectivity index (χ4v) is 10.5. The van der Waals surface area contributed by atoms with Crippen LogP contribution >= 0.6 is 11.3 Å². The summed E-state index contributed by atoms with van der Waals surface area (Å²) in [6.45, 7) is 6.34. The number of methoxy groups -OCH3 is 1. The summed E-state index contributed by atoms with van der Waals surface area (Å²) in [4.78, 5) is 21.6. The molecule has 0 spiro atoms. The van der Waals surface area contributed by atoms with Crippen molar-refractivity contribution in [3.05, 3.63) is 34.8 Å². The quantitative estimate of drug-likeness (QED) is 0.223. The molecular weight excluding hydrogens is 675 g/mol. The van der Waals surface area contributed by atoms with E-state index in [2.05, 4.69) is 25.8 Å². The third kappa shape index (κ3) is 5.51. The van der Waals surface area contributed by atoms with Gasteiger partial charge in [-0.2, -0.15) is 15.2 Å². The third-order valence-corrected chi connectivity index (χ3v) is 12.9. The molecule has 0 amide bonds. The van der Waals surface area contributed by atoms with Crippen LogP contribution in [-0.4, -0.2) is 102 Å². The Bertz CT molecular complexity index is 2060. The van der Waals surface area contributed by atoms with Crippen LogP contribution in [-0.2, 0) is 22.7 Å². The molecule has 1 aromatic carbocycles. The summed E-state index contributed by atoms with van der Waals surface area (Å²) >= 11 is 1.29. The normalized spacial score (nSPS) is 26.2. The first kappa shape index (κ1) is 33.1. The van der Waals surface area contributed by atoms with E-state index in [1.54, 1.807) is 19.4 Å². The van der Waals surface area contributed by atoms with Crippen molar-refractivity contribution in [1.29, 1.82) is 5.26 Å². The number of likely N-dealkylation sites (tertiary alicyclic amines) is 1. The molecule has 2 bridgehead atoms. The predicted molar refractivity (Wildman–Crippen MR) is 191 cm³/mol. The van der Waals surface area contributed by atoms with Crippen LogP contribution < -0.4 is 15.4 Å². The number of fused-ring (bicyclic) bond motifs is 7. The number of hydrogen-bond donors (Lipinski definition) is 1. The zero-order valence-electron chi connectivity index (χ0n) is 28.8. The van der Waals surface area contributed by atoms with E-state index in [0.717, 1.165) is 81.7 Å². The standard InChI is InChI=1S/C37H42F2N8O3S/c1-48-11-3-8-45-10-5-21-12-23(17-45)47(15-21)35-30-26-19-49-18-25(26)29(32-28-24(14-40)34(41)51-27(28)4-7-42-32)31(39)33(30)43-36(44-35)50-20-37-6-2-9-46(37)16-22(38)13-37/h4,7,21-23H,2-3,5-6,8-13,15-20,41H2,1H3/t21?,22-,23?,37+/m1/s1. The molecule has 2 unspecified atom stereocenters. The number of nitriles is 1. The van der Waals surface area contributed by atoms with Crippen LogP contribution in [0.25, 0.3) is 32.2 Å². The lowest BCUT2D eigenvalue weighted by Crippen LogP contribution is -2.44. The highest BCUT2D eigenvalue weighted by Gasteiger charge is 2.49. The van der Waals surface area contributed by atoms with Crippen molar-refractivity contribution in [3.8, 4) is 23.3 Å². The lowest BCUT2D eigenvalue weighted by atomic mass is 9.93. The van der Waals surface area contributed by atoms with Crippen molar-refractivity contribution in [3.63, 3.8) is 0 Å². The van der Waals surface area contributed by atoms with Gasteiger partial charge in [0.05, 0.1) is 35.4 Å². The van der Waals surface area contributed by atoms with Crippen LogP contribution in [0.5, 0.6) is 6.01 Å². The van der Waals surface area contributed by atoms with E-state index < -0.39 is 17.5 Å². The van der Waals surface area contributed by atoms with E-state index in [1.807, 2.05) is 0 Å². The molecule has 5 aliphatic rings. The van der Waals surface area contributed by atoms with E-state index in [4.69, 9.17) is 29.9 Å². The smallest absolute Gasteiger partial charge is 0.319 e. The fourth-order valence-electron chi connectivity index (χ4n) is 9.57. The molecule has 0 saturated carbocycles. The second kappa shape index (κ2) is 13.0. The summed E-state index contributed by atoms with van der Waals surface area (Å²) in [6, 6.07) is 4.28. The zero-order valence-corrected chi connectivity index (χ0v) is 29.6. The Kier molecular flexibility index (Phi) is 8.47. The Morgan fingerprint density at radius 2 is 2.06 bits per heavy atom. The van der Waals surface area contributed by atoms with E-state index in [1.165, 1.54) is 11.3 Å². The lowest BCUT2D eigenvalue weighted by Gasteiger charge is -2.34. The maximum atomic E-state index is 17.6. The third-order valence-electron chi connectivity index (χ3n) is 11.9. The largest absolute Gasteiger partial charge is 0.461 e. The molecule has 4 saturated heterocycles. The van der Waals surface area contributed by atoms with Gasteiger partial charge < -0.3 is 29.7 Å². The number of pyridine rings is 1. The topological polar surface area (TPSA) is 126 Å². The van der Waals surface area contributed by atoms with Gasteiger partial charge in [0.1, 0.15) is 35.2 Å². The van der Waals surface area contributed by atoms with Gasteiger partial charge in [0, 0.05) is 74.2 Å². The number of ether oxygens (including phenoxy) is 3. The minimum atomic E-state index is -0.899. The highest BCUT2D eigenvalue weighted by Crippen LogP contribution is 2.48. The summed E-state index contributed by atoms with van der Waals surface area (Å²) in [6.07, 6.45) is 6.03. The highest BCUT2D eigenvalue weighted by atomic mass is 32.1. The molecule has 14 heteroatoms. The second-order valence-corrected chi connectivity index (χ2v) is 16.0. The molecule has 2 N–H and O–H groups in total. The molecule has 0 radical (unpaired) electrons. The van der Waals surface area contributed by atoms with Gasteiger partial charge in [-0.05, 0) is 68.3 Å². The molecule has 5 aliphatic heterocycles. The monoisotopic (exact) mass is 716 g/mol. The van der Waals surface area contributed by atoms with Crippen LogP contribution in [0.3, 0.4) is 0 Å². The van der Waals surface area contributed by atoms with Gasteiger partial charge in [-0.1, -0.05) is 0 Å².